The van der Waals surface area contributed by atoms with Crippen molar-refractivity contribution >= 4 is 36.8 Å². The molecule has 2 aromatic carbocycles. The summed E-state index contributed by atoms with van der Waals surface area (Å²) >= 11 is 0. The van der Waals surface area contributed by atoms with E-state index in [9.17, 15) is 14.7 Å². The molecule has 0 saturated carbocycles. The van der Waals surface area contributed by atoms with Gasteiger partial charge < -0.3 is 38.8 Å². The Morgan fingerprint density at radius 1 is 0.912 bits per heavy atom. The van der Waals surface area contributed by atoms with Gasteiger partial charge in [-0.15, -0.1) is 0 Å². The lowest BCUT2D eigenvalue weighted by Crippen LogP contribution is -2.50. The van der Waals surface area contributed by atoms with Crippen molar-refractivity contribution in [2.75, 3.05) is 37.7 Å². The number of benzene rings is 2. The number of carbonyl (C=O) groups excluding carboxylic acids is 2. The third-order valence-electron chi connectivity index (χ3n) is 9.75. The molecule has 4 heterocycles. The zero-order chi connectivity index (χ0) is 41.1. The maximum Gasteiger partial charge on any atom is 0.410 e. The molecule has 3 aromatic heterocycles. The number of aromatic nitrogens is 5. The molecule has 0 bridgehead atoms. The van der Waals surface area contributed by atoms with Crippen LogP contribution in [0.25, 0.3) is 33.5 Å². The maximum atomic E-state index is 12.8. The SMILES string of the molecule is CC(C)(C)OC(=O)N1CCN(c2ccc(-c3cc4c(-c5ccc(CNC(=O)c6nc(C(C)(C)C)no6)c(CO)c5)ncnc4n3COCC[Si](C)(C)C)cc2)CC1. The fourth-order valence-corrected chi connectivity index (χ4v) is 7.23. The van der Waals surface area contributed by atoms with Crippen LogP contribution in [-0.4, -0.2) is 93.1 Å². The second-order valence-corrected chi connectivity index (χ2v) is 23.4. The van der Waals surface area contributed by atoms with Crippen LogP contribution < -0.4 is 10.2 Å². The molecule has 0 aliphatic carbocycles. The Balaban J connectivity index is 1.24. The number of nitrogens with zero attached hydrogens (tertiary/aromatic N) is 7. The van der Waals surface area contributed by atoms with E-state index in [1.54, 1.807) is 11.2 Å². The van der Waals surface area contributed by atoms with Crippen LogP contribution in [0.1, 0.15) is 69.2 Å². The molecule has 15 heteroatoms. The average molecular weight is 797 g/mol. The van der Waals surface area contributed by atoms with Crippen molar-refractivity contribution < 1.29 is 28.7 Å². The second kappa shape index (κ2) is 16.8. The number of piperazine rings is 1. The van der Waals surface area contributed by atoms with Crippen molar-refractivity contribution in [2.24, 2.45) is 0 Å². The Morgan fingerprint density at radius 3 is 2.25 bits per heavy atom. The first kappa shape index (κ1) is 41.5. The summed E-state index contributed by atoms with van der Waals surface area (Å²) in [7, 11) is -1.30. The fraction of sp³-hybridized carbons (Fsp3) is 0.476. The van der Waals surface area contributed by atoms with Crippen molar-refractivity contribution in [1.29, 1.82) is 0 Å². The lowest BCUT2D eigenvalue weighted by molar-refractivity contribution is 0.0240. The number of amides is 2. The van der Waals surface area contributed by atoms with Crippen LogP contribution in [0.3, 0.4) is 0 Å². The van der Waals surface area contributed by atoms with E-state index in [0.29, 0.717) is 56.6 Å². The van der Waals surface area contributed by atoms with Crippen molar-refractivity contribution in [3.05, 3.63) is 77.7 Å². The number of anilines is 1. The zero-order valence-corrected chi connectivity index (χ0v) is 35.7. The highest BCUT2D eigenvalue weighted by molar-refractivity contribution is 6.76. The van der Waals surface area contributed by atoms with Crippen LogP contribution in [0.15, 0.2) is 59.4 Å². The summed E-state index contributed by atoms with van der Waals surface area (Å²) in [4.78, 5) is 43.2. The fourth-order valence-electron chi connectivity index (χ4n) is 6.48. The summed E-state index contributed by atoms with van der Waals surface area (Å²) in [6.07, 6.45) is 1.28. The van der Waals surface area contributed by atoms with E-state index in [2.05, 4.69) is 74.9 Å². The monoisotopic (exact) mass is 796 g/mol. The van der Waals surface area contributed by atoms with Gasteiger partial charge in [-0.2, -0.15) is 4.98 Å². The topological polar surface area (TPSA) is 161 Å². The molecule has 0 radical (unpaired) electrons. The molecule has 1 aliphatic rings. The number of aliphatic hydroxyl groups excluding tert-OH is 1. The summed E-state index contributed by atoms with van der Waals surface area (Å²) < 4.78 is 19.2. The van der Waals surface area contributed by atoms with Crippen LogP contribution in [-0.2, 0) is 34.8 Å². The Morgan fingerprint density at radius 2 is 1.61 bits per heavy atom. The number of nitrogens with one attached hydrogen (secondary N) is 1. The minimum absolute atomic E-state index is 0.108. The van der Waals surface area contributed by atoms with Crippen molar-refractivity contribution in [3.63, 3.8) is 0 Å². The molecular formula is C42H56N8O6Si. The van der Waals surface area contributed by atoms with Crippen LogP contribution in [0.5, 0.6) is 0 Å². The van der Waals surface area contributed by atoms with Crippen LogP contribution in [0, 0.1) is 0 Å². The van der Waals surface area contributed by atoms with Crippen molar-refractivity contribution in [3.8, 4) is 22.5 Å². The highest BCUT2D eigenvalue weighted by atomic mass is 28.3. The van der Waals surface area contributed by atoms with Gasteiger partial charge in [0.15, 0.2) is 5.82 Å². The smallest absolute Gasteiger partial charge is 0.410 e. The lowest BCUT2D eigenvalue weighted by atomic mass is 9.96. The molecule has 57 heavy (non-hydrogen) atoms. The van der Waals surface area contributed by atoms with Crippen LogP contribution in [0.2, 0.25) is 25.7 Å². The summed E-state index contributed by atoms with van der Waals surface area (Å²) in [5, 5.41) is 18.0. The highest BCUT2D eigenvalue weighted by Crippen LogP contribution is 2.35. The third kappa shape index (κ3) is 10.3. The summed E-state index contributed by atoms with van der Waals surface area (Å²) in [5.74, 6) is -0.149. The standard InChI is InChI=1S/C42H56N8O6Si/c1-41(2,3)39-46-38(56-47-39)37(52)43-24-30-11-10-29(22-31(30)25-51)35-33-23-34(50(36(33)45-26-44-35)27-54-20-21-57(7,8)9)28-12-14-32(15-13-28)48-16-18-49(19-17-48)40(53)55-42(4,5)6/h10-15,22-23,26,51H,16-21,24-25,27H2,1-9H3,(H,43,52). The minimum atomic E-state index is -1.30. The molecular weight excluding hydrogens is 741 g/mol. The van der Waals surface area contributed by atoms with Gasteiger partial charge in [0.1, 0.15) is 24.3 Å². The molecule has 0 spiro atoms. The van der Waals surface area contributed by atoms with E-state index in [1.807, 2.05) is 59.7 Å². The Hall–Kier alpha value is -5.12. The molecule has 2 N–H and O–H groups in total. The number of hydrogen-bond donors (Lipinski definition) is 2. The lowest BCUT2D eigenvalue weighted by Gasteiger charge is -2.36. The quantitative estimate of drug-likeness (QED) is 0.0968. The van der Waals surface area contributed by atoms with Crippen molar-refractivity contribution in [2.45, 2.75) is 98.1 Å². The van der Waals surface area contributed by atoms with Crippen LogP contribution in [0.4, 0.5) is 10.5 Å². The first-order valence-corrected chi connectivity index (χ1v) is 23.2. The van der Waals surface area contributed by atoms with E-state index in [4.69, 9.17) is 24.0 Å². The molecule has 1 fully saturated rings. The average Bonchev–Trinajstić information content (AvgIpc) is 3.81. The van der Waals surface area contributed by atoms with Gasteiger partial charge >= 0.3 is 17.9 Å². The van der Waals surface area contributed by atoms with Gasteiger partial charge in [0.25, 0.3) is 0 Å². The molecule has 5 aromatic rings. The first-order chi connectivity index (χ1) is 26.9. The van der Waals surface area contributed by atoms with Crippen LogP contribution >= 0.6 is 0 Å². The van der Waals surface area contributed by atoms with E-state index in [1.165, 1.54) is 0 Å². The van der Waals surface area contributed by atoms with Crippen molar-refractivity contribution in [1.82, 2.24) is 34.9 Å². The van der Waals surface area contributed by atoms with Gasteiger partial charge in [-0.1, -0.05) is 69.8 Å². The molecule has 0 unspecified atom stereocenters. The van der Waals surface area contributed by atoms with Gasteiger partial charge in [-0.3, -0.25) is 4.79 Å². The number of fused-ring (bicyclic) bond motifs is 1. The van der Waals surface area contributed by atoms with Gasteiger partial charge in [0, 0.05) is 69.5 Å². The Bertz CT molecular complexity index is 2190. The molecule has 304 valence electrons. The number of hydrogen-bond acceptors (Lipinski definition) is 11. The van der Waals surface area contributed by atoms with Gasteiger partial charge in [-0.05, 0) is 67.8 Å². The molecule has 14 nitrogen and oxygen atoms in total. The third-order valence-corrected chi connectivity index (χ3v) is 11.5. The largest absolute Gasteiger partial charge is 0.444 e. The molecule has 0 atom stereocenters. The number of rotatable bonds is 12. The van der Waals surface area contributed by atoms with E-state index in [0.717, 1.165) is 45.1 Å². The second-order valence-electron chi connectivity index (χ2n) is 17.8. The number of carbonyl (C=O) groups is 2. The van der Waals surface area contributed by atoms with E-state index < -0.39 is 19.6 Å². The predicted molar refractivity (Wildman–Crippen MR) is 223 cm³/mol. The molecule has 1 saturated heterocycles. The summed E-state index contributed by atoms with van der Waals surface area (Å²) in [6, 6.07) is 17.3. The predicted octanol–water partition coefficient (Wildman–Crippen LogP) is 7.24. The number of ether oxygens (including phenoxy) is 2. The number of aliphatic hydroxyl groups is 1. The van der Waals surface area contributed by atoms with E-state index in [-0.39, 0.29) is 30.6 Å². The minimum Gasteiger partial charge on any atom is -0.444 e. The molecule has 1 aliphatic heterocycles. The van der Waals surface area contributed by atoms with Gasteiger partial charge in [0.05, 0.1) is 18.0 Å². The highest BCUT2D eigenvalue weighted by Gasteiger charge is 2.27. The first-order valence-electron chi connectivity index (χ1n) is 19.5. The molecule has 2 amide bonds. The van der Waals surface area contributed by atoms with E-state index >= 15 is 0 Å². The summed E-state index contributed by atoms with van der Waals surface area (Å²) in [5.41, 5.74) is 5.79. The maximum absolute atomic E-state index is 12.8. The van der Waals surface area contributed by atoms with Gasteiger partial charge in [0.2, 0.25) is 0 Å². The Kier molecular flexibility index (Phi) is 12.2. The zero-order valence-electron chi connectivity index (χ0n) is 34.7. The Labute approximate surface area is 335 Å². The molecule has 6 rings (SSSR count). The normalized spacial score (nSPS) is 14.0. The van der Waals surface area contributed by atoms with Gasteiger partial charge in [-0.25, -0.2) is 14.8 Å². The summed E-state index contributed by atoms with van der Waals surface area (Å²) in [6.45, 7) is 22.0.